The van der Waals surface area contributed by atoms with Gasteiger partial charge >= 0.3 is 5.69 Å². The highest BCUT2D eigenvalue weighted by atomic mass is 16.5. The van der Waals surface area contributed by atoms with E-state index in [1.807, 2.05) is 53.4 Å². The number of fused-ring (bicyclic) bond motifs is 1. The molecule has 0 spiro atoms. The van der Waals surface area contributed by atoms with Gasteiger partial charge in [-0.1, -0.05) is 18.2 Å². The van der Waals surface area contributed by atoms with Gasteiger partial charge in [0, 0.05) is 38.3 Å². The van der Waals surface area contributed by atoms with Crippen LogP contribution in [0.2, 0.25) is 0 Å². The number of imidazole rings is 1. The number of hydrogen-bond acceptors (Lipinski definition) is 4. The Bertz CT molecular complexity index is 988. The van der Waals surface area contributed by atoms with Crippen LogP contribution in [0.3, 0.4) is 0 Å². The van der Waals surface area contributed by atoms with Crippen molar-refractivity contribution >= 4 is 22.6 Å². The SMILES string of the molecule is O=C(CCCOc1ccccc1)N1CCN(c2ccc3[nH]c(=O)[nH]c3c2)CC1. The van der Waals surface area contributed by atoms with E-state index in [1.54, 1.807) is 0 Å². The van der Waals surface area contributed by atoms with E-state index in [4.69, 9.17) is 4.74 Å². The molecule has 1 aliphatic heterocycles. The highest BCUT2D eigenvalue weighted by molar-refractivity contribution is 5.79. The molecule has 2 heterocycles. The van der Waals surface area contributed by atoms with Crippen molar-refractivity contribution in [2.45, 2.75) is 12.8 Å². The number of para-hydroxylation sites is 1. The first kappa shape index (κ1) is 18.2. The molecule has 2 N–H and O–H groups in total. The van der Waals surface area contributed by atoms with E-state index in [1.165, 1.54) is 0 Å². The van der Waals surface area contributed by atoms with Crippen LogP contribution in [0.1, 0.15) is 12.8 Å². The summed E-state index contributed by atoms with van der Waals surface area (Å²) >= 11 is 0. The Morgan fingerprint density at radius 1 is 0.964 bits per heavy atom. The van der Waals surface area contributed by atoms with Gasteiger partial charge in [-0.25, -0.2) is 4.79 Å². The lowest BCUT2D eigenvalue weighted by Crippen LogP contribution is -2.48. The summed E-state index contributed by atoms with van der Waals surface area (Å²) in [7, 11) is 0. The molecule has 7 nitrogen and oxygen atoms in total. The van der Waals surface area contributed by atoms with Crippen molar-refractivity contribution in [1.82, 2.24) is 14.9 Å². The monoisotopic (exact) mass is 380 g/mol. The number of rotatable bonds is 6. The number of anilines is 1. The lowest BCUT2D eigenvalue weighted by molar-refractivity contribution is -0.131. The van der Waals surface area contributed by atoms with Crippen LogP contribution < -0.4 is 15.3 Å². The second kappa shape index (κ2) is 8.21. The van der Waals surface area contributed by atoms with E-state index in [-0.39, 0.29) is 11.6 Å². The molecule has 0 radical (unpaired) electrons. The third-order valence-electron chi connectivity index (χ3n) is 5.04. The molecular formula is C21H24N4O3. The summed E-state index contributed by atoms with van der Waals surface area (Å²) in [6.45, 7) is 3.53. The van der Waals surface area contributed by atoms with Gasteiger partial charge in [0.1, 0.15) is 5.75 Å². The smallest absolute Gasteiger partial charge is 0.323 e. The molecule has 0 unspecified atom stereocenters. The molecule has 4 rings (SSSR count). The molecule has 7 heteroatoms. The third-order valence-corrected chi connectivity index (χ3v) is 5.04. The zero-order valence-electron chi connectivity index (χ0n) is 15.7. The fraction of sp³-hybridized carbons (Fsp3) is 0.333. The number of amides is 1. The van der Waals surface area contributed by atoms with Crippen molar-refractivity contribution in [2.75, 3.05) is 37.7 Å². The van der Waals surface area contributed by atoms with Crippen molar-refractivity contribution in [3.63, 3.8) is 0 Å². The van der Waals surface area contributed by atoms with Gasteiger partial charge in [0.2, 0.25) is 5.91 Å². The summed E-state index contributed by atoms with van der Waals surface area (Å²) in [4.78, 5) is 33.6. The first-order chi connectivity index (χ1) is 13.7. The number of carbonyl (C=O) groups excluding carboxylic acids is 1. The van der Waals surface area contributed by atoms with Crippen LogP contribution >= 0.6 is 0 Å². The average Bonchev–Trinajstić information content (AvgIpc) is 3.11. The zero-order valence-corrected chi connectivity index (χ0v) is 15.7. The Kier molecular flexibility index (Phi) is 5.32. The van der Waals surface area contributed by atoms with E-state index >= 15 is 0 Å². The van der Waals surface area contributed by atoms with Gasteiger partial charge in [-0.05, 0) is 36.8 Å². The quantitative estimate of drug-likeness (QED) is 0.644. The molecule has 1 amide bonds. The number of nitrogens with zero attached hydrogens (tertiary/aromatic N) is 2. The summed E-state index contributed by atoms with van der Waals surface area (Å²) in [6.07, 6.45) is 1.22. The van der Waals surface area contributed by atoms with Gasteiger partial charge in [0.15, 0.2) is 0 Å². The second-order valence-corrected chi connectivity index (χ2v) is 6.94. The van der Waals surface area contributed by atoms with E-state index < -0.39 is 0 Å². The summed E-state index contributed by atoms with van der Waals surface area (Å²) in [5.74, 6) is 1.02. The summed E-state index contributed by atoms with van der Waals surface area (Å²) in [6, 6.07) is 15.6. The van der Waals surface area contributed by atoms with Gasteiger partial charge in [-0.3, -0.25) is 4.79 Å². The predicted molar refractivity (Wildman–Crippen MR) is 109 cm³/mol. The summed E-state index contributed by atoms with van der Waals surface area (Å²) in [5, 5.41) is 0. The number of nitrogens with one attached hydrogen (secondary N) is 2. The molecule has 0 saturated carbocycles. The third kappa shape index (κ3) is 4.19. The Balaban J connectivity index is 1.23. The number of piperazine rings is 1. The fourth-order valence-corrected chi connectivity index (χ4v) is 3.52. The maximum absolute atomic E-state index is 12.4. The average molecular weight is 380 g/mol. The Hall–Kier alpha value is -3.22. The first-order valence-electron chi connectivity index (χ1n) is 9.62. The number of ether oxygens (including phenoxy) is 1. The molecule has 1 aliphatic rings. The molecule has 28 heavy (non-hydrogen) atoms. The first-order valence-corrected chi connectivity index (χ1v) is 9.62. The lowest BCUT2D eigenvalue weighted by Gasteiger charge is -2.36. The normalized spacial score (nSPS) is 14.4. The zero-order chi connectivity index (χ0) is 19.3. The van der Waals surface area contributed by atoms with Gasteiger partial charge < -0.3 is 24.5 Å². The van der Waals surface area contributed by atoms with Crippen LogP contribution in [0.15, 0.2) is 53.3 Å². The lowest BCUT2D eigenvalue weighted by atomic mass is 10.2. The maximum atomic E-state index is 12.4. The predicted octanol–water partition coefficient (Wildman–Crippen LogP) is 2.36. The number of H-pyrrole nitrogens is 2. The van der Waals surface area contributed by atoms with Gasteiger partial charge in [0.25, 0.3) is 0 Å². The molecule has 146 valence electrons. The number of aromatic amines is 2. The van der Waals surface area contributed by atoms with Crippen LogP contribution in [-0.2, 0) is 4.79 Å². The van der Waals surface area contributed by atoms with Gasteiger partial charge in [-0.15, -0.1) is 0 Å². The summed E-state index contributed by atoms with van der Waals surface area (Å²) in [5.41, 5.74) is 2.48. The Labute approximate surface area is 162 Å². The molecule has 0 atom stereocenters. The van der Waals surface area contributed by atoms with Crippen LogP contribution in [0.25, 0.3) is 11.0 Å². The topological polar surface area (TPSA) is 81.4 Å². The van der Waals surface area contributed by atoms with Gasteiger partial charge in [0.05, 0.1) is 17.6 Å². The molecule has 1 aromatic heterocycles. The molecule has 2 aromatic carbocycles. The molecule has 1 fully saturated rings. The number of hydrogen-bond donors (Lipinski definition) is 2. The minimum atomic E-state index is -0.196. The van der Waals surface area contributed by atoms with E-state index in [0.717, 1.165) is 35.6 Å². The van der Waals surface area contributed by atoms with Crippen molar-refractivity contribution < 1.29 is 9.53 Å². The largest absolute Gasteiger partial charge is 0.494 e. The summed E-state index contributed by atoms with van der Waals surface area (Å²) < 4.78 is 5.65. The highest BCUT2D eigenvalue weighted by Gasteiger charge is 2.21. The van der Waals surface area contributed by atoms with Crippen LogP contribution in [0, 0.1) is 0 Å². The number of benzene rings is 2. The number of aromatic nitrogens is 2. The maximum Gasteiger partial charge on any atom is 0.323 e. The molecule has 1 saturated heterocycles. The van der Waals surface area contributed by atoms with E-state index in [9.17, 15) is 9.59 Å². The van der Waals surface area contributed by atoms with Gasteiger partial charge in [-0.2, -0.15) is 0 Å². The van der Waals surface area contributed by atoms with Crippen molar-refractivity contribution in [2.24, 2.45) is 0 Å². The minimum absolute atomic E-state index is 0.182. The Morgan fingerprint density at radius 2 is 1.71 bits per heavy atom. The van der Waals surface area contributed by atoms with Crippen molar-refractivity contribution in [1.29, 1.82) is 0 Å². The highest BCUT2D eigenvalue weighted by Crippen LogP contribution is 2.20. The molecule has 0 aliphatic carbocycles. The fourth-order valence-electron chi connectivity index (χ4n) is 3.52. The van der Waals surface area contributed by atoms with Crippen molar-refractivity contribution in [3.05, 3.63) is 59.0 Å². The standard InChI is InChI=1S/C21H24N4O3/c26-20(7-4-14-28-17-5-2-1-3-6-17)25-12-10-24(11-13-25)16-8-9-18-19(15-16)23-21(27)22-18/h1-3,5-6,8-9,15H,4,7,10-14H2,(H2,22,23,27). The van der Waals surface area contributed by atoms with Crippen LogP contribution in [-0.4, -0.2) is 53.6 Å². The van der Waals surface area contributed by atoms with Crippen LogP contribution in [0.4, 0.5) is 5.69 Å². The molecule has 3 aromatic rings. The number of carbonyl (C=O) groups is 1. The van der Waals surface area contributed by atoms with E-state index in [0.29, 0.717) is 32.5 Å². The van der Waals surface area contributed by atoms with Crippen LogP contribution in [0.5, 0.6) is 5.75 Å². The Morgan fingerprint density at radius 3 is 2.50 bits per heavy atom. The van der Waals surface area contributed by atoms with E-state index in [2.05, 4.69) is 14.9 Å². The minimum Gasteiger partial charge on any atom is -0.494 e. The molecule has 0 bridgehead atoms. The molecular weight excluding hydrogens is 356 g/mol. The second-order valence-electron chi connectivity index (χ2n) is 6.94. The van der Waals surface area contributed by atoms with Crippen molar-refractivity contribution in [3.8, 4) is 5.75 Å².